The molecule has 0 aliphatic rings. The van der Waals surface area contributed by atoms with Crippen molar-refractivity contribution in [3.63, 3.8) is 0 Å². The van der Waals surface area contributed by atoms with Crippen LogP contribution in [0.25, 0.3) is 0 Å². The number of aromatic amines is 1. The van der Waals surface area contributed by atoms with E-state index in [0.717, 1.165) is 0 Å². The molecule has 0 aliphatic heterocycles. The predicted octanol–water partition coefficient (Wildman–Crippen LogP) is 3.00. The first-order chi connectivity index (χ1) is 12.3. The van der Waals surface area contributed by atoms with Gasteiger partial charge in [0.15, 0.2) is 11.9 Å². The van der Waals surface area contributed by atoms with E-state index < -0.39 is 24.6 Å². The topological polar surface area (TPSA) is 97.5 Å². The number of ether oxygens (including phenoxy) is 2. The summed E-state index contributed by atoms with van der Waals surface area (Å²) >= 11 is 0. The van der Waals surface area contributed by atoms with Crippen LogP contribution in [0.3, 0.4) is 0 Å². The smallest absolute Gasteiger partial charge is 0.387 e. The van der Waals surface area contributed by atoms with E-state index in [1.807, 2.05) is 0 Å². The van der Waals surface area contributed by atoms with Crippen molar-refractivity contribution in [2.45, 2.75) is 26.6 Å². The van der Waals surface area contributed by atoms with E-state index in [-0.39, 0.29) is 22.9 Å². The normalized spacial score (nSPS) is 11.7. The summed E-state index contributed by atoms with van der Waals surface area (Å²) < 4.78 is 34.1. The zero-order chi connectivity index (χ0) is 19.3. The van der Waals surface area contributed by atoms with Gasteiger partial charge >= 0.3 is 12.6 Å². The van der Waals surface area contributed by atoms with Gasteiger partial charge in [0.2, 0.25) is 0 Å². The lowest BCUT2D eigenvalue weighted by molar-refractivity contribution is -0.123. The highest BCUT2D eigenvalue weighted by Crippen LogP contribution is 2.25. The van der Waals surface area contributed by atoms with E-state index in [9.17, 15) is 23.2 Å². The number of H-pyrrole nitrogens is 1. The number of aromatic nitrogens is 1. The second-order valence-electron chi connectivity index (χ2n) is 5.27. The number of ketones is 1. The number of carbonyl (C=O) groups is 3. The lowest BCUT2D eigenvalue weighted by Gasteiger charge is -2.15. The highest BCUT2D eigenvalue weighted by Gasteiger charge is 2.22. The summed E-state index contributed by atoms with van der Waals surface area (Å²) in [4.78, 5) is 37.9. The zero-order valence-electron chi connectivity index (χ0n) is 13.9. The zero-order valence-corrected chi connectivity index (χ0v) is 13.9. The maximum Gasteiger partial charge on any atom is 0.387 e. The molecule has 1 heterocycles. The molecule has 7 nitrogen and oxygen atoms in total. The number of rotatable bonds is 7. The molecule has 0 saturated heterocycles. The van der Waals surface area contributed by atoms with Crippen LogP contribution in [-0.4, -0.2) is 35.4 Å². The van der Waals surface area contributed by atoms with Gasteiger partial charge in [-0.1, -0.05) is 12.1 Å². The Morgan fingerprint density at radius 3 is 2.50 bits per heavy atom. The fraction of sp³-hybridized carbons (Fsp3) is 0.235. The number of esters is 1. The van der Waals surface area contributed by atoms with E-state index in [0.29, 0.717) is 5.56 Å². The Morgan fingerprint density at radius 1 is 1.19 bits per heavy atom. The molecule has 0 bridgehead atoms. The Morgan fingerprint density at radius 2 is 1.88 bits per heavy atom. The standard InChI is InChI=1S/C17H16F2N2O5/c1-9(22)11-7-13(20-8-11)16(24)25-10(2)15(23)21-12-5-3-4-6-14(12)26-17(18)19/h3-8,10,17,20H,1-2H3,(H,21,23)/t10-/m1/s1. The van der Waals surface area contributed by atoms with Gasteiger partial charge in [-0.25, -0.2) is 4.79 Å². The van der Waals surface area contributed by atoms with Crippen molar-refractivity contribution in [3.05, 3.63) is 47.8 Å². The van der Waals surface area contributed by atoms with Crippen molar-refractivity contribution < 1.29 is 32.6 Å². The summed E-state index contributed by atoms with van der Waals surface area (Å²) in [5, 5.41) is 2.36. The first kappa shape index (κ1) is 19.1. The molecule has 0 spiro atoms. The van der Waals surface area contributed by atoms with Gasteiger partial charge in [0.05, 0.1) is 5.69 Å². The maximum absolute atomic E-state index is 12.4. The number of hydrogen-bond acceptors (Lipinski definition) is 5. The van der Waals surface area contributed by atoms with Crippen LogP contribution in [0, 0.1) is 0 Å². The van der Waals surface area contributed by atoms with Crippen LogP contribution in [0.4, 0.5) is 14.5 Å². The van der Waals surface area contributed by atoms with Crippen LogP contribution >= 0.6 is 0 Å². The summed E-state index contributed by atoms with van der Waals surface area (Å²) in [6.07, 6.45) is 0.132. The second-order valence-corrected chi connectivity index (χ2v) is 5.27. The average Bonchev–Trinajstić information content (AvgIpc) is 3.06. The second kappa shape index (κ2) is 8.24. The van der Waals surface area contributed by atoms with E-state index in [1.165, 1.54) is 50.4 Å². The summed E-state index contributed by atoms with van der Waals surface area (Å²) in [6, 6.07) is 6.93. The molecule has 0 saturated carbocycles. The molecule has 0 fully saturated rings. The van der Waals surface area contributed by atoms with Gasteiger partial charge in [0.1, 0.15) is 11.4 Å². The third-order valence-corrected chi connectivity index (χ3v) is 3.32. The largest absolute Gasteiger partial charge is 0.448 e. The number of amides is 1. The van der Waals surface area contributed by atoms with Gasteiger partial charge in [0, 0.05) is 11.8 Å². The van der Waals surface area contributed by atoms with E-state index in [4.69, 9.17) is 4.74 Å². The molecule has 1 aromatic heterocycles. The minimum Gasteiger partial charge on any atom is -0.448 e. The van der Waals surface area contributed by atoms with Crippen molar-refractivity contribution >= 4 is 23.3 Å². The molecule has 2 aromatic rings. The number of para-hydroxylation sites is 2. The fourth-order valence-corrected chi connectivity index (χ4v) is 2.00. The minimum absolute atomic E-state index is 0.0104. The Kier molecular flexibility index (Phi) is 6.05. The van der Waals surface area contributed by atoms with Crippen LogP contribution in [0.1, 0.15) is 34.7 Å². The lowest BCUT2D eigenvalue weighted by atomic mass is 10.2. The molecule has 1 atom stereocenters. The minimum atomic E-state index is -3.05. The van der Waals surface area contributed by atoms with Crippen LogP contribution < -0.4 is 10.1 Å². The molecular formula is C17H16F2N2O5. The van der Waals surface area contributed by atoms with Gasteiger partial charge in [-0.3, -0.25) is 9.59 Å². The predicted molar refractivity (Wildman–Crippen MR) is 87.4 cm³/mol. The molecule has 0 radical (unpaired) electrons. The molecule has 2 rings (SSSR count). The Bertz CT molecular complexity index is 819. The van der Waals surface area contributed by atoms with Crippen molar-refractivity contribution in [1.29, 1.82) is 0 Å². The number of Topliss-reactive ketones (excluding diaryl/α,β-unsaturated/α-hetero) is 1. The molecule has 0 aliphatic carbocycles. The summed E-state index contributed by atoms with van der Waals surface area (Å²) in [5.74, 6) is -2.02. The number of hydrogen-bond donors (Lipinski definition) is 2. The third kappa shape index (κ3) is 4.88. The molecule has 9 heteroatoms. The number of anilines is 1. The molecule has 1 amide bonds. The summed E-state index contributed by atoms with van der Waals surface area (Å²) in [7, 11) is 0. The van der Waals surface area contributed by atoms with Crippen LogP contribution in [0.2, 0.25) is 0 Å². The SMILES string of the molecule is CC(=O)c1c[nH]c(C(=O)O[C@H](C)C(=O)Nc2ccccc2OC(F)F)c1. The number of alkyl halides is 2. The van der Waals surface area contributed by atoms with E-state index >= 15 is 0 Å². The highest BCUT2D eigenvalue weighted by atomic mass is 19.3. The highest BCUT2D eigenvalue weighted by molar-refractivity contribution is 5.99. The molecule has 0 unspecified atom stereocenters. The molecule has 2 N–H and O–H groups in total. The van der Waals surface area contributed by atoms with Gasteiger partial charge in [-0.2, -0.15) is 8.78 Å². The number of carbonyl (C=O) groups excluding carboxylic acids is 3. The van der Waals surface area contributed by atoms with Crippen LogP contribution in [0.5, 0.6) is 5.75 Å². The van der Waals surface area contributed by atoms with Gasteiger partial charge in [0.25, 0.3) is 5.91 Å². The number of nitrogens with one attached hydrogen (secondary N) is 2. The van der Waals surface area contributed by atoms with Crippen molar-refractivity contribution in [1.82, 2.24) is 4.98 Å². The first-order valence-electron chi connectivity index (χ1n) is 7.53. The monoisotopic (exact) mass is 366 g/mol. The fourth-order valence-electron chi connectivity index (χ4n) is 2.00. The van der Waals surface area contributed by atoms with Crippen molar-refractivity contribution in [2.24, 2.45) is 0 Å². The summed E-state index contributed by atoms with van der Waals surface area (Å²) in [5.41, 5.74) is 0.322. The average molecular weight is 366 g/mol. The van der Waals surface area contributed by atoms with E-state index in [1.54, 1.807) is 0 Å². The summed E-state index contributed by atoms with van der Waals surface area (Å²) in [6.45, 7) is -0.391. The van der Waals surface area contributed by atoms with Crippen molar-refractivity contribution in [2.75, 3.05) is 5.32 Å². The van der Waals surface area contributed by atoms with Gasteiger partial charge in [-0.05, 0) is 32.0 Å². The molecule has 26 heavy (non-hydrogen) atoms. The lowest BCUT2D eigenvalue weighted by Crippen LogP contribution is -2.30. The number of halogens is 2. The Labute approximate surface area is 147 Å². The molecule has 138 valence electrons. The van der Waals surface area contributed by atoms with E-state index in [2.05, 4.69) is 15.0 Å². The van der Waals surface area contributed by atoms with Gasteiger partial charge in [-0.15, -0.1) is 0 Å². The third-order valence-electron chi connectivity index (χ3n) is 3.32. The maximum atomic E-state index is 12.4. The van der Waals surface area contributed by atoms with Gasteiger partial charge < -0.3 is 19.8 Å². The molecule has 1 aromatic carbocycles. The Balaban J connectivity index is 2.01. The van der Waals surface area contributed by atoms with Crippen LogP contribution in [0.15, 0.2) is 36.5 Å². The first-order valence-corrected chi connectivity index (χ1v) is 7.53. The Hall–Kier alpha value is -3.23. The molecular weight excluding hydrogens is 350 g/mol. The quantitative estimate of drug-likeness (QED) is 0.580. The van der Waals surface area contributed by atoms with Crippen LogP contribution in [-0.2, 0) is 9.53 Å². The number of benzene rings is 1. The van der Waals surface area contributed by atoms with Crippen molar-refractivity contribution in [3.8, 4) is 5.75 Å².